The van der Waals surface area contributed by atoms with Gasteiger partial charge in [0.15, 0.2) is 0 Å². The van der Waals surface area contributed by atoms with Gasteiger partial charge in [0, 0.05) is 23.6 Å². The number of anilines is 1. The average Bonchev–Trinajstić information content (AvgIpc) is 3.31. The van der Waals surface area contributed by atoms with Crippen LogP contribution in [0, 0.1) is 20.8 Å². The summed E-state index contributed by atoms with van der Waals surface area (Å²) >= 11 is 6.02. The van der Waals surface area contributed by atoms with Crippen LogP contribution < -0.4 is 9.46 Å². The largest absolute Gasteiger partial charge is 0.493 e. The second-order valence-electron chi connectivity index (χ2n) is 9.77. The predicted octanol–water partition coefficient (Wildman–Crippen LogP) is 6.26. The van der Waals surface area contributed by atoms with E-state index in [1.165, 1.54) is 0 Å². The molecule has 0 aliphatic rings. The lowest BCUT2D eigenvalue weighted by Crippen LogP contribution is -2.39. The lowest BCUT2D eigenvalue weighted by molar-refractivity contribution is -0.143. The number of oxazole rings is 1. The molecule has 0 saturated heterocycles. The average molecular weight is 612 g/mol. The van der Waals surface area contributed by atoms with Crippen LogP contribution in [-0.4, -0.2) is 43.4 Å². The molecule has 0 unspecified atom stereocenters. The van der Waals surface area contributed by atoms with Gasteiger partial charge >= 0.3 is 16.2 Å². The molecule has 0 amide bonds. The maximum Gasteiger partial charge on any atom is 0.321 e. The molecule has 4 aromatic rings. The van der Waals surface area contributed by atoms with Crippen LogP contribution in [0.2, 0.25) is 5.02 Å². The first-order valence-electron chi connectivity index (χ1n) is 13.5. The van der Waals surface area contributed by atoms with Gasteiger partial charge in [-0.15, -0.1) is 0 Å². The van der Waals surface area contributed by atoms with Crippen molar-refractivity contribution >= 4 is 33.5 Å². The van der Waals surface area contributed by atoms with Crippen molar-refractivity contribution < 1.29 is 27.1 Å². The highest BCUT2D eigenvalue weighted by molar-refractivity contribution is 7.90. The minimum absolute atomic E-state index is 0.0830. The minimum Gasteiger partial charge on any atom is -0.493 e. The van der Waals surface area contributed by atoms with Gasteiger partial charge in [-0.1, -0.05) is 41.4 Å². The first-order valence-corrected chi connectivity index (χ1v) is 15.3. The Kier molecular flexibility index (Phi) is 10.3. The third kappa shape index (κ3) is 8.34. The van der Waals surface area contributed by atoms with E-state index in [9.17, 15) is 13.2 Å². The van der Waals surface area contributed by atoms with Crippen molar-refractivity contribution in [3.8, 4) is 17.2 Å². The van der Waals surface area contributed by atoms with E-state index in [0.717, 1.165) is 26.9 Å². The zero-order valence-electron chi connectivity index (χ0n) is 24.0. The molecule has 1 heterocycles. The van der Waals surface area contributed by atoms with Crippen molar-refractivity contribution in [2.75, 3.05) is 24.5 Å². The van der Waals surface area contributed by atoms with Crippen LogP contribution in [0.25, 0.3) is 11.5 Å². The summed E-state index contributed by atoms with van der Waals surface area (Å²) in [5.74, 6) is 1.19. The first kappa shape index (κ1) is 31.1. The van der Waals surface area contributed by atoms with Gasteiger partial charge in [0.2, 0.25) is 5.89 Å². The quantitative estimate of drug-likeness (QED) is 0.178. The SMILES string of the molecule is CCOC(=O)CN(Cc1cccc(OCCc2nc(-c3ccc(C)cc3)oc2C)c1)S(=O)(=O)Nc1ccc(Cl)cc1C. The molecule has 0 bridgehead atoms. The van der Waals surface area contributed by atoms with Crippen molar-refractivity contribution in [1.82, 2.24) is 9.29 Å². The highest BCUT2D eigenvalue weighted by atomic mass is 35.5. The fourth-order valence-corrected chi connectivity index (χ4v) is 5.66. The van der Waals surface area contributed by atoms with E-state index in [2.05, 4.69) is 9.71 Å². The standard InChI is InChI=1S/C31H34ClN3O6S/c1-5-39-30(36)20-35(42(37,38)34-28-14-13-26(32)17-22(28)3)19-24-7-6-8-27(18-24)40-16-15-29-23(4)41-31(33-29)25-11-9-21(2)10-12-25/h6-14,17-18,34H,5,15-16,19-20H2,1-4H3. The topological polar surface area (TPSA) is 111 Å². The monoisotopic (exact) mass is 611 g/mol. The van der Waals surface area contributed by atoms with Crippen molar-refractivity contribution in [1.29, 1.82) is 0 Å². The normalized spacial score (nSPS) is 11.5. The molecule has 0 atom stereocenters. The number of carbonyl (C=O) groups excluding carboxylic acids is 1. The molecule has 9 nitrogen and oxygen atoms in total. The summed E-state index contributed by atoms with van der Waals surface area (Å²) in [5.41, 5.74) is 4.51. The molecule has 1 N–H and O–H groups in total. The smallest absolute Gasteiger partial charge is 0.321 e. The van der Waals surface area contributed by atoms with Gasteiger partial charge in [-0.05, 0) is 81.3 Å². The lowest BCUT2D eigenvalue weighted by Gasteiger charge is -2.23. The predicted molar refractivity (Wildman–Crippen MR) is 163 cm³/mol. The summed E-state index contributed by atoms with van der Waals surface area (Å²) in [6, 6.07) is 19.9. The molecule has 0 aliphatic carbocycles. The van der Waals surface area contributed by atoms with Crippen LogP contribution in [0.3, 0.4) is 0 Å². The summed E-state index contributed by atoms with van der Waals surface area (Å²) in [6.07, 6.45) is 0.527. The molecule has 1 aromatic heterocycles. The molecule has 11 heteroatoms. The molecule has 222 valence electrons. The van der Waals surface area contributed by atoms with E-state index in [-0.39, 0.29) is 13.2 Å². The number of halogens is 1. The van der Waals surface area contributed by atoms with Crippen molar-refractivity contribution in [2.24, 2.45) is 0 Å². The first-order chi connectivity index (χ1) is 20.0. The Labute approximate surface area is 251 Å². The Morgan fingerprint density at radius 3 is 2.52 bits per heavy atom. The van der Waals surface area contributed by atoms with E-state index in [0.29, 0.717) is 46.5 Å². The van der Waals surface area contributed by atoms with Crippen LogP contribution >= 0.6 is 11.6 Å². The molecule has 0 spiro atoms. The summed E-state index contributed by atoms with van der Waals surface area (Å²) in [6.45, 7) is 7.23. The number of hydrogen-bond acceptors (Lipinski definition) is 7. The highest BCUT2D eigenvalue weighted by Gasteiger charge is 2.26. The lowest BCUT2D eigenvalue weighted by atomic mass is 10.1. The number of esters is 1. The number of rotatable bonds is 13. The number of nitrogens with zero attached hydrogens (tertiary/aromatic N) is 2. The van der Waals surface area contributed by atoms with Crippen LogP contribution in [0.4, 0.5) is 5.69 Å². The molecule has 3 aromatic carbocycles. The number of aromatic nitrogens is 1. The summed E-state index contributed by atoms with van der Waals surface area (Å²) < 4.78 is 47.2. The number of carbonyl (C=O) groups is 1. The fourth-order valence-electron chi connectivity index (χ4n) is 4.20. The Balaban J connectivity index is 1.44. The Morgan fingerprint density at radius 1 is 1.05 bits per heavy atom. The van der Waals surface area contributed by atoms with Crippen molar-refractivity contribution in [2.45, 2.75) is 40.7 Å². The third-order valence-corrected chi connectivity index (χ3v) is 8.09. The van der Waals surface area contributed by atoms with Gasteiger partial charge in [0.25, 0.3) is 0 Å². The summed E-state index contributed by atoms with van der Waals surface area (Å²) in [5, 5.41) is 0.487. The Morgan fingerprint density at radius 2 is 1.81 bits per heavy atom. The van der Waals surface area contributed by atoms with Crippen LogP contribution in [0.5, 0.6) is 5.75 Å². The number of hydrogen-bond donors (Lipinski definition) is 1. The van der Waals surface area contributed by atoms with Crippen molar-refractivity contribution in [3.05, 3.63) is 99.9 Å². The number of benzene rings is 3. The number of nitrogens with one attached hydrogen (secondary N) is 1. The highest BCUT2D eigenvalue weighted by Crippen LogP contribution is 2.24. The molecule has 42 heavy (non-hydrogen) atoms. The van der Waals surface area contributed by atoms with E-state index in [1.807, 2.05) is 38.1 Å². The molecule has 0 fully saturated rings. The molecular weight excluding hydrogens is 578 g/mol. The molecule has 0 radical (unpaired) electrons. The Hall–Kier alpha value is -3.86. The molecule has 0 saturated carbocycles. The maximum atomic E-state index is 13.4. The number of ether oxygens (including phenoxy) is 2. The second-order valence-corrected chi connectivity index (χ2v) is 11.9. The van der Waals surface area contributed by atoms with Crippen molar-refractivity contribution in [3.63, 3.8) is 0 Å². The van der Waals surface area contributed by atoms with Gasteiger partial charge < -0.3 is 13.9 Å². The van der Waals surface area contributed by atoms with E-state index in [1.54, 1.807) is 56.3 Å². The van der Waals surface area contributed by atoms with Crippen LogP contribution in [-0.2, 0) is 32.7 Å². The van der Waals surface area contributed by atoms with Crippen LogP contribution in [0.1, 0.15) is 35.1 Å². The van der Waals surface area contributed by atoms with Gasteiger partial charge in [0.05, 0.1) is 24.6 Å². The second kappa shape index (κ2) is 13.9. The van der Waals surface area contributed by atoms with E-state index >= 15 is 0 Å². The zero-order chi connectivity index (χ0) is 30.3. The van der Waals surface area contributed by atoms with Crippen LogP contribution in [0.15, 0.2) is 71.1 Å². The maximum absolute atomic E-state index is 13.4. The minimum atomic E-state index is -4.14. The van der Waals surface area contributed by atoms with Gasteiger partial charge in [0.1, 0.15) is 18.1 Å². The Bertz CT molecular complexity index is 1640. The van der Waals surface area contributed by atoms with Gasteiger partial charge in [-0.3, -0.25) is 9.52 Å². The summed E-state index contributed by atoms with van der Waals surface area (Å²) in [4.78, 5) is 17.0. The molecule has 4 rings (SSSR count). The number of aryl methyl sites for hydroxylation is 3. The van der Waals surface area contributed by atoms with E-state index in [4.69, 9.17) is 25.5 Å². The van der Waals surface area contributed by atoms with E-state index < -0.39 is 22.7 Å². The van der Waals surface area contributed by atoms with Gasteiger partial charge in [-0.25, -0.2) is 4.98 Å². The third-order valence-electron chi connectivity index (χ3n) is 6.43. The summed E-state index contributed by atoms with van der Waals surface area (Å²) in [7, 11) is -4.14. The fraction of sp³-hybridized carbons (Fsp3) is 0.290. The molecular formula is C31H34ClN3O6S. The molecule has 0 aliphatic heterocycles. The van der Waals surface area contributed by atoms with Gasteiger partial charge in [-0.2, -0.15) is 12.7 Å². The zero-order valence-corrected chi connectivity index (χ0v) is 25.6.